The summed E-state index contributed by atoms with van der Waals surface area (Å²) in [7, 11) is 1.32. The van der Waals surface area contributed by atoms with Crippen LogP contribution in [0.2, 0.25) is 10.0 Å². The highest BCUT2D eigenvalue weighted by Gasteiger charge is 2.44. The molecule has 1 amide bonds. The second-order valence-corrected chi connectivity index (χ2v) is 9.12. The molecule has 31 heavy (non-hydrogen) atoms. The normalized spacial score (nSPS) is 15.0. The summed E-state index contributed by atoms with van der Waals surface area (Å²) in [4.78, 5) is 25.8. The molecule has 0 heterocycles. The highest BCUT2D eigenvalue weighted by atomic mass is 35.5. The molecule has 0 aromatic heterocycles. The summed E-state index contributed by atoms with van der Waals surface area (Å²) in [6.07, 6.45) is 3.25. The molecule has 7 heteroatoms. The number of benzene rings is 2. The topological polar surface area (TPSA) is 64.6 Å². The summed E-state index contributed by atoms with van der Waals surface area (Å²) in [6.45, 7) is 4.51. The van der Waals surface area contributed by atoms with Gasteiger partial charge in [-0.2, -0.15) is 0 Å². The maximum absolute atomic E-state index is 13.5. The van der Waals surface area contributed by atoms with E-state index >= 15 is 0 Å². The van der Waals surface area contributed by atoms with E-state index < -0.39 is 11.4 Å². The van der Waals surface area contributed by atoms with Crippen molar-refractivity contribution < 1.29 is 19.1 Å². The molecule has 5 nitrogen and oxygen atoms in total. The van der Waals surface area contributed by atoms with Crippen molar-refractivity contribution >= 4 is 40.8 Å². The molecule has 1 saturated carbocycles. The lowest BCUT2D eigenvalue weighted by atomic mass is 9.78. The van der Waals surface area contributed by atoms with E-state index in [1.165, 1.54) is 7.11 Å². The molecule has 0 bridgehead atoms. The van der Waals surface area contributed by atoms with Crippen LogP contribution in [0.15, 0.2) is 36.4 Å². The Labute approximate surface area is 193 Å². The minimum absolute atomic E-state index is 0.152. The summed E-state index contributed by atoms with van der Waals surface area (Å²) < 4.78 is 10.7. The fourth-order valence-electron chi connectivity index (χ4n) is 3.99. The van der Waals surface area contributed by atoms with E-state index in [-0.39, 0.29) is 11.5 Å². The number of esters is 1. The minimum atomic E-state index is -0.736. The van der Waals surface area contributed by atoms with Gasteiger partial charge >= 0.3 is 5.97 Å². The summed E-state index contributed by atoms with van der Waals surface area (Å²) in [6, 6.07) is 10.3. The minimum Gasteiger partial charge on any atom is -0.492 e. The van der Waals surface area contributed by atoms with E-state index in [1.807, 2.05) is 19.9 Å². The summed E-state index contributed by atoms with van der Waals surface area (Å²) in [5, 5.41) is 4.00. The number of methoxy groups -OCH3 is 1. The zero-order valence-electron chi connectivity index (χ0n) is 18.0. The van der Waals surface area contributed by atoms with Crippen LogP contribution in [-0.4, -0.2) is 25.6 Å². The van der Waals surface area contributed by atoms with E-state index in [0.29, 0.717) is 46.8 Å². The van der Waals surface area contributed by atoms with Crippen molar-refractivity contribution in [2.45, 2.75) is 44.9 Å². The third-order valence-electron chi connectivity index (χ3n) is 5.55. The number of amides is 1. The number of carbonyl (C=O) groups excluding carboxylic acids is 2. The van der Waals surface area contributed by atoms with Gasteiger partial charge in [-0.3, -0.25) is 4.79 Å². The molecule has 1 fully saturated rings. The molecule has 1 N–H and O–H groups in total. The van der Waals surface area contributed by atoms with Crippen LogP contribution in [0.5, 0.6) is 5.75 Å². The van der Waals surface area contributed by atoms with Gasteiger partial charge < -0.3 is 14.8 Å². The van der Waals surface area contributed by atoms with Gasteiger partial charge in [-0.15, -0.1) is 0 Å². The lowest BCUT2D eigenvalue weighted by Gasteiger charge is -2.29. The lowest BCUT2D eigenvalue weighted by Crippen LogP contribution is -2.38. The molecule has 2 aromatic rings. The molecule has 0 atom stereocenters. The summed E-state index contributed by atoms with van der Waals surface area (Å²) >= 11 is 12.5. The molecule has 1 aliphatic rings. The van der Waals surface area contributed by atoms with Crippen molar-refractivity contribution in [1.29, 1.82) is 0 Å². The fourth-order valence-corrected chi connectivity index (χ4v) is 4.57. The maximum Gasteiger partial charge on any atom is 0.341 e. The van der Waals surface area contributed by atoms with Crippen LogP contribution < -0.4 is 10.1 Å². The Hall–Kier alpha value is -2.24. The number of hydrogen-bond acceptors (Lipinski definition) is 4. The van der Waals surface area contributed by atoms with Crippen molar-refractivity contribution in [1.82, 2.24) is 0 Å². The van der Waals surface area contributed by atoms with Gasteiger partial charge in [0.2, 0.25) is 5.91 Å². The van der Waals surface area contributed by atoms with Gasteiger partial charge in [-0.25, -0.2) is 4.79 Å². The molecule has 0 unspecified atom stereocenters. The van der Waals surface area contributed by atoms with Crippen LogP contribution in [0.25, 0.3) is 0 Å². The Morgan fingerprint density at radius 3 is 2.42 bits per heavy atom. The third kappa shape index (κ3) is 5.16. The van der Waals surface area contributed by atoms with E-state index in [1.54, 1.807) is 30.3 Å². The predicted octanol–water partition coefficient (Wildman–Crippen LogP) is 6.27. The lowest BCUT2D eigenvalue weighted by molar-refractivity contribution is -0.121. The van der Waals surface area contributed by atoms with E-state index in [0.717, 1.165) is 18.4 Å². The van der Waals surface area contributed by atoms with Gasteiger partial charge in [-0.1, -0.05) is 56.0 Å². The first-order chi connectivity index (χ1) is 14.8. The van der Waals surface area contributed by atoms with Gasteiger partial charge in [0, 0.05) is 15.7 Å². The molecule has 0 radical (unpaired) electrons. The van der Waals surface area contributed by atoms with Crippen LogP contribution >= 0.6 is 23.2 Å². The number of rotatable bonds is 7. The largest absolute Gasteiger partial charge is 0.492 e. The van der Waals surface area contributed by atoms with Crippen molar-refractivity contribution in [3.8, 4) is 5.75 Å². The maximum atomic E-state index is 13.5. The van der Waals surface area contributed by atoms with Crippen LogP contribution in [0.4, 0.5) is 5.69 Å². The Morgan fingerprint density at radius 1 is 1.10 bits per heavy atom. The second-order valence-electron chi connectivity index (χ2n) is 8.27. The molecule has 0 aliphatic heterocycles. The fraction of sp³-hybridized carbons (Fsp3) is 0.417. The number of halogens is 2. The highest BCUT2D eigenvalue weighted by molar-refractivity contribution is 6.35. The molecule has 3 rings (SSSR count). The highest BCUT2D eigenvalue weighted by Crippen LogP contribution is 2.45. The number of carbonyl (C=O) groups is 2. The van der Waals surface area contributed by atoms with Crippen LogP contribution in [0, 0.1) is 5.92 Å². The predicted molar refractivity (Wildman–Crippen MR) is 123 cm³/mol. The first-order valence-electron chi connectivity index (χ1n) is 10.4. The standard InChI is InChI=1S/C24H27Cl2NO4/c1-15(2)14-31-21-9-7-17(13-18(21)22(28)30-3)27-23(29)24(10-4-5-11-24)19-8-6-16(25)12-20(19)26/h6-9,12-13,15H,4-5,10-11,14H2,1-3H3,(H,27,29). The van der Waals surface area contributed by atoms with Crippen LogP contribution in [-0.2, 0) is 14.9 Å². The summed E-state index contributed by atoms with van der Waals surface area (Å²) in [5.41, 5.74) is 0.808. The first kappa shape index (κ1) is 23.4. The van der Waals surface area contributed by atoms with Crippen LogP contribution in [0.3, 0.4) is 0 Å². The molecule has 166 valence electrons. The molecule has 0 saturated heterocycles. The Kier molecular flexibility index (Phi) is 7.50. The van der Waals surface area contributed by atoms with E-state index in [9.17, 15) is 9.59 Å². The van der Waals surface area contributed by atoms with Gasteiger partial charge in [0.15, 0.2) is 0 Å². The Morgan fingerprint density at radius 2 is 1.81 bits per heavy atom. The molecular formula is C24H27Cl2NO4. The number of ether oxygens (including phenoxy) is 2. The first-order valence-corrected chi connectivity index (χ1v) is 11.1. The van der Waals surface area contributed by atoms with Gasteiger partial charge in [0.05, 0.1) is 19.1 Å². The average Bonchev–Trinajstić information content (AvgIpc) is 3.23. The number of anilines is 1. The summed E-state index contributed by atoms with van der Waals surface area (Å²) in [5.74, 6) is 0.0539. The van der Waals surface area contributed by atoms with Crippen molar-refractivity contribution in [2.24, 2.45) is 5.92 Å². The molecule has 2 aromatic carbocycles. The van der Waals surface area contributed by atoms with Crippen molar-refractivity contribution in [3.63, 3.8) is 0 Å². The van der Waals surface area contributed by atoms with Gasteiger partial charge in [0.25, 0.3) is 0 Å². The smallest absolute Gasteiger partial charge is 0.341 e. The monoisotopic (exact) mass is 463 g/mol. The zero-order valence-corrected chi connectivity index (χ0v) is 19.5. The Balaban J connectivity index is 1.91. The molecular weight excluding hydrogens is 437 g/mol. The van der Waals surface area contributed by atoms with Crippen molar-refractivity contribution in [3.05, 3.63) is 57.6 Å². The Bertz CT molecular complexity index is 968. The molecule has 0 spiro atoms. The third-order valence-corrected chi connectivity index (χ3v) is 6.10. The molecule has 1 aliphatic carbocycles. The van der Waals surface area contributed by atoms with Gasteiger partial charge in [0.1, 0.15) is 11.3 Å². The van der Waals surface area contributed by atoms with E-state index in [4.69, 9.17) is 32.7 Å². The van der Waals surface area contributed by atoms with Crippen molar-refractivity contribution in [2.75, 3.05) is 19.0 Å². The van der Waals surface area contributed by atoms with E-state index in [2.05, 4.69) is 5.32 Å². The zero-order chi connectivity index (χ0) is 22.6. The quantitative estimate of drug-likeness (QED) is 0.491. The SMILES string of the molecule is COC(=O)c1cc(NC(=O)C2(c3ccc(Cl)cc3Cl)CCCC2)ccc1OCC(C)C. The number of nitrogens with one attached hydrogen (secondary N) is 1. The van der Waals surface area contributed by atoms with Gasteiger partial charge in [-0.05, 0) is 54.7 Å². The average molecular weight is 464 g/mol. The van der Waals surface area contributed by atoms with Crippen LogP contribution in [0.1, 0.15) is 55.5 Å². The second kappa shape index (κ2) is 9.92. The number of hydrogen-bond donors (Lipinski definition) is 1.